The van der Waals surface area contributed by atoms with Crippen LogP contribution in [0.25, 0.3) is 0 Å². The number of aliphatic hydroxyl groups is 1. The molecule has 2 rings (SSSR count). The summed E-state index contributed by atoms with van der Waals surface area (Å²) in [6.07, 6.45) is 2.92. The first-order valence-corrected chi connectivity index (χ1v) is 6.79. The zero-order chi connectivity index (χ0) is 12.6. The Bertz CT molecular complexity index is 406. The average Bonchev–Trinajstić information content (AvgIpc) is 2.96. The molecule has 2 atom stereocenters. The molecule has 2 unspecified atom stereocenters. The van der Waals surface area contributed by atoms with Crippen LogP contribution in [0.5, 0.6) is 0 Å². The molecule has 1 N–H and O–H groups in total. The van der Waals surface area contributed by atoms with Gasteiger partial charge in [0.25, 0.3) is 0 Å². The van der Waals surface area contributed by atoms with E-state index >= 15 is 0 Å². The minimum absolute atomic E-state index is 0.272. The summed E-state index contributed by atoms with van der Waals surface area (Å²) in [6, 6.07) is 6.58. The van der Waals surface area contributed by atoms with Crippen LogP contribution in [0.4, 0.5) is 0 Å². The molecular formula is C16H24O. The van der Waals surface area contributed by atoms with Crippen molar-refractivity contribution in [2.24, 2.45) is 11.3 Å². The van der Waals surface area contributed by atoms with Crippen LogP contribution < -0.4 is 0 Å². The lowest BCUT2D eigenvalue weighted by Crippen LogP contribution is -2.08. The highest BCUT2D eigenvalue weighted by atomic mass is 16.3. The lowest BCUT2D eigenvalue weighted by Gasteiger charge is -2.17. The van der Waals surface area contributed by atoms with Crippen LogP contribution in [0.2, 0.25) is 0 Å². The molecule has 1 heteroatoms. The lowest BCUT2D eigenvalue weighted by molar-refractivity contribution is 0.137. The molecule has 1 saturated carbocycles. The predicted octanol–water partition coefficient (Wildman–Crippen LogP) is 3.89. The molecule has 0 aromatic heterocycles. The van der Waals surface area contributed by atoms with Crippen LogP contribution in [0.3, 0.4) is 0 Å². The number of aliphatic hydroxyl groups excluding tert-OH is 1. The maximum Gasteiger partial charge on any atom is 0.0826 e. The van der Waals surface area contributed by atoms with E-state index in [0.717, 1.165) is 19.3 Å². The molecule has 0 bridgehead atoms. The Morgan fingerprint density at radius 2 is 1.94 bits per heavy atom. The first-order valence-electron chi connectivity index (χ1n) is 6.79. The fourth-order valence-electron chi connectivity index (χ4n) is 2.73. The minimum atomic E-state index is -0.272. The average molecular weight is 232 g/mol. The molecule has 0 amide bonds. The van der Waals surface area contributed by atoms with Gasteiger partial charge in [0.05, 0.1) is 6.10 Å². The maximum absolute atomic E-state index is 10.5. The van der Waals surface area contributed by atoms with Crippen molar-refractivity contribution in [3.63, 3.8) is 0 Å². The standard InChI is InChI=1S/C16H24O/c1-5-11-7-8-12(6-2)13(9-11)15(17)14-10-16(14,3)4/h7-9,14-15,17H,5-6,10H2,1-4H3. The van der Waals surface area contributed by atoms with Gasteiger partial charge in [0.1, 0.15) is 0 Å². The fraction of sp³-hybridized carbons (Fsp3) is 0.625. The number of rotatable bonds is 4. The van der Waals surface area contributed by atoms with E-state index in [1.807, 2.05) is 0 Å². The van der Waals surface area contributed by atoms with Gasteiger partial charge in [0.2, 0.25) is 0 Å². The van der Waals surface area contributed by atoms with Crippen molar-refractivity contribution in [1.29, 1.82) is 0 Å². The summed E-state index contributed by atoms with van der Waals surface area (Å²) in [5.74, 6) is 0.444. The van der Waals surface area contributed by atoms with E-state index in [2.05, 4.69) is 45.9 Å². The molecule has 1 aliphatic carbocycles. The van der Waals surface area contributed by atoms with E-state index in [0.29, 0.717) is 11.3 Å². The van der Waals surface area contributed by atoms with Crippen molar-refractivity contribution in [2.45, 2.75) is 53.1 Å². The van der Waals surface area contributed by atoms with Crippen LogP contribution in [0, 0.1) is 11.3 Å². The van der Waals surface area contributed by atoms with Gasteiger partial charge >= 0.3 is 0 Å². The van der Waals surface area contributed by atoms with Crippen molar-refractivity contribution >= 4 is 0 Å². The summed E-state index contributed by atoms with van der Waals surface area (Å²) >= 11 is 0. The smallest absolute Gasteiger partial charge is 0.0826 e. The molecule has 0 aliphatic heterocycles. The van der Waals surface area contributed by atoms with Crippen molar-refractivity contribution in [3.8, 4) is 0 Å². The molecule has 1 nitrogen and oxygen atoms in total. The van der Waals surface area contributed by atoms with Gasteiger partial charge in [-0.1, -0.05) is 45.9 Å². The van der Waals surface area contributed by atoms with Crippen molar-refractivity contribution in [1.82, 2.24) is 0 Å². The topological polar surface area (TPSA) is 20.2 Å². The summed E-state index contributed by atoms with van der Waals surface area (Å²) in [5.41, 5.74) is 4.13. The van der Waals surface area contributed by atoms with Gasteiger partial charge in [0, 0.05) is 0 Å². The Hall–Kier alpha value is -0.820. The van der Waals surface area contributed by atoms with Gasteiger partial charge < -0.3 is 5.11 Å². The first-order chi connectivity index (χ1) is 7.99. The Labute approximate surface area is 105 Å². The van der Waals surface area contributed by atoms with Gasteiger partial charge in [-0.3, -0.25) is 0 Å². The maximum atomic E-state index is 10.5. The van der Waals surface area contributed by atoms with Crippen molar-refractivity contribution in [2.75, 3.05) is 0 Å². The van der Waals surface area contributed by atoms with Crippen LogP contribution in [-0.4, -0.2) is 5.11 Å². The van der Waals surface area contributed by atoms with E-state index in [-0.39, 0.29) is 6.10 Å². The van der Waals surface area contributed by atoms with Crippen molar-refractivity contribution < 1.29 is 5.11 Å². The summed E-state index contributed by atoms with van der Waals surface area (Å²) in [4.78, 5) is 0. The molecule has 0 saturated heterocycles. The van der Waals surface area contributed by atoms with E-state index in [1.54, 1.807) is 0 Å². The Morgan fingerprint density at radius 3 is 2.41 bits per heavy atom. The molecule has 17 heavy (non-hydrogen) atoms. The Kier molecular flexibility index (Phi) is 3.31. The highest BCUT2D eigenvalue weighted by Crippen LogP contribution is 2.58. The van der Waals surface area contributed by atoms with Gasteiger partial charge in [-0.15, -0.1) is 0 Å². The van der Waals surface area contributed by atoms with Crippen molar-refractivity contribution in [3.05, 3.63) is 34.9 Å². The predicted molar refractivity (Wildman–Crippen MR) is 72.0 cm³/mol. The van der Waals surface area contributed by atoms with Gasteiger partial charge in [-0.05, 0) is 47.3 Å². The Balaban J connectivity index is 2.29. The third kappa shape index (κ3) is 2.40. The summed E-state index contributed by atoms with van der Waals surface area (Å²) in [5, 5.41) is 10.5. The van der Waals surface area contributed by atoms with Gasteiger partial charge in [-0.2, -0.15) is 0 Å². The zero-order valence-corrected chi connectivity index (χ0v) is 11.5. The summed E-state index contributed by atoms with van der Waals surface area (Å²) in [6.45, 7) is 8.82. The number of benzene rings is 1. The van der Waals surface area contributed by atoms with Gasteiger partial charge in [0.15, 0.2) is 0 Å². The second-order valence-electron chi connectivity index (χ2n) is 5.98. The van der Waals surface area contributed by atoms with Crippen LogP contribution in [0.15, 0.2) is 18.2 Å². The second kappa shape index (κ2) is 4.45. The van der Waals surface area contributed by atoms with Crippen LogP contribution in [0.1, 0.15) is 56.9 Å². The normalized spacial score (nSPS) is 23.5. The lowest BCUT2D eigenvalue weighted by atomic mass is 9.92. The number of hydrogen-bond acceptors (Lipinski definition) is 1. The minimum Gasteiger partial charge on any atom is -0.388 e. The molecule has 1 aromatic carbocycles. The quantitative estimate of drug-likeness (QED) is 0.835. The number of hydrogen-bond donors (Lipinski definition) is 1. The van der Waals surface area contributed by atoms with Crippen LogP contribution in [-0.2, 0) is 12.8 Å². The molecular weight excluding hydrogens is 208 g/mol. The highest BCUT2D eigenvalue weighted by molar-refractivity contribution is 5.35. The molecule has 0 radical (unpaired) electrons. The molecule has 94 valence electrons. The Morgan fingerprint density at radius 1 is 1.29 bits per heavy atom. The molecule has 1 aromatic rings. The highest BCUT2D eigenvalue weighted by Gasteiger charge is 2.50. The van der Waals surface area contributed by atoms with E-state index in [9.17, 15) is 5.11 Å². The van der Waals surface area contributed by atoms with E-state index in [4.69, 9.17) is 0 Å². The third-order valence-electron chi connectivity index (χ3n) is 4.29. The SMILES string of the molecule is CCc1ccc(CC)c(C(O)C2CC2(C)C)c1. The summed E-state index contributed by atoms with van der Waals surface area (Å²) < 4.78 is 0. The molecule has 1 fully saturated rings. The van der Waals surface area contributed by atoms with Crippen LogP contribution >= 0.6 is 0 Å². The molecule has 1 aliphatic rings. The van der Waals surface area contributed by atoms with E-state index in [1.165, 1.54) is 16.7 Å². The first kappa shape index (κ1) is 12.6. The van der Waals surface area contributed by atoms with Gasteiger partial charge in [-0.25, -0.2) is 0 Å². The third-order valence-corrected chi connectivity index (χ3v) is 4.29. The zero-order valence-electron chi connectivity index (χ0n) is 11.5. The number of aryl methyl sites for hydroxylation is 2. The monoisotopic (exact) mass is 232 g/mol. The molecule has 0 spiro atoms. The van der Waals surface area contributed by atoms with E-state index < -0.39 is 0 Å². The summed E-state index contributed by atoms with van der Waals surface area (Å²) in [7, 11) is 0. The second-order valence-corrected chi connectivity index (χ2v) is 5.98. The molecule has 0 heterocycles. The fourth-order valence-corrected chi connectivity index (χ4v) is 2.73. The largest absolute Gasteiger partial charge is 0.388 e.